The molecule has 2 saturated heterocycles. The first kappa shape index (κ1) is 21.3. The standard InChI is InChI=1S/C23H29N3O5/c1-5-30-21(28)19-20(27)26(18-9-7-6-8-17(18)24-19)16-12-14-10-11-15(13-16)25(14)22(29)31-23(2,3)4/h6-9,14-16H,5,10-13H2,1-4H3/t14-,15?,16?/m0/s1. The van der Waals surface area contributed by atoms with Crippen LogP contribution in [0, 0.1) is 0 Å². The van der Waals surface area contributed by atoms with Gasteiger partial charge in [0.1, 0.15) is 5.60 Å². The number of hydrogen-bond acceptors (Lipinski definition) is 6. The number of para-hydroxylation sites is 2. The van der Waals surface area contributed by atoms with Crippen molar-refractivity contribution in [2.45, 2.75) is 77.1 Å². The SMILES string of the molecule is CCOC(=O)c1nc2ccccc2n(C2CC3CC[C@@H](C2)N3C(=O)OC(C)(C)C)c1=O. The molecule has 0 saturated carbocycles. The number of benzene rings is 1. The summed E-state index contributed by atoms with van der Waals surface area (Å²) in [5.74, 6) is -0.707. The second-order valence-electron chi connectivity index (χ2n) is 9.24. The van der Waals surface area contributed by atoms with E-state index in [0.29, 0.717) is 23.9 Å². The number of ether oxygens (including phenoxy) is 2. The van der Waals surface area contributed by atoms with E-state index >= 15 is 0 Å². The maximum atomic E-state index is 13.3. The van der Waals surface area contributed by atoms with Gasteiger partial charge in [-0.05, 0) is 65.5 Å². The van der Waals surface area contributed by atoms with Crippen molar-refractivity contribution in [3.05, 3.63) is 40.3 Å². The number of nitrogens with zero attached hydrogens (tertiary/aromatic N) is 3. The van der Waals surface area contributed by atoms with Crippen LogP contribution in [0.5, 0.6) is 0 Å². The van der Waals surface area contributed by atoms with Crippen LogP contribution < -0.4 is 5.56 Å². The van der Waals surface area contributed by atoms with Gasteiger partial charge in [0, 0.05) is 18.1 Å². The molecule has 2 aliphatic heterocycles. The predicted octanol–water partition coefficient (Wildman–Crippen LogP) is 3.68. The van der Waals surface area contributed by atoms with Crippen molar-refractivity contribution in [3.8, 4) is 0 Å². The van der Waals surface area contributed by atoms with Gasteiger partial charge in [0.05, 0.1) is 17.6 Å². The molecule has 0 spiro atoms. The van der Waals surface area contributed by atoms with Gasteiger partial charge in [-0.2, -0.15) is 0 Å². The summed E-state index contributed by atoms with van der Waals surface area (Å²) < 4.78 is 12.4. The molecule has 0 radical (unpaired) electrons. The summed E-state index contributed by atoms with van der Waals surface area (Å²) in [6.07, 6.45) is 2.72. The molecule has 2 aliphatic rings. The van der Waals surface area contributed by atoms with Crippen molar-refractivity contribution in [2.24, 2.45) is 0 Å². The fourth-order valence-corrected chi connectivity index (χ4v) is 4.82. The minimum absolute atomic E-state index is 0.00321. The largest absolute Gasteiger partial charge is 0.461 e. The number of hydrogen-bond donors (Lipinski definition) is 0. The lowest BCUT2D eigenvalue weighted by Gasteiger charge is -2.40. The van der Waals surface area contributed by atoms with E-state index in [1.54, 1.807) is 17.6 Å². The number of esters is 1. The normalized spacial score (nSPS) is 23.1. The molecule has 1 amide bonds. The molecule has 2 unspecified atom stereocenters. The van der Waals surface area contributed by atoms with Crippen molar-refractivity contribution in [2.75, 3.05) is 6.61 Å². The monoisotopic (exact) mass is 427 g/mol. The third kappa shape index (κ3) is 4.03. The highest BCUT2D eigenvalue weighted by Gasteiger charge is 2.46. The summed E-state index contributed by atoms with van der Waals surface area (Å²) in [4.78, 5) is 44.6. The van der Waals surface area contributed by atoms with Gasteiger partial charge < -0.3 is 18.9 Å². The van der Waals surface area contributed by atoms with Gasteiger partial charge in [-0.25, -0.2) is 14.6 Å². The average Bonchev–Trinajstić information content (AvgIpc) is 2.97. The van der Waals surface area contributed by atoms with Gasteiger partial charge in [0.25, 0.3) is 5.56 Å². The Kier molecular flexibility index (Phi) is 5.49. The Labute approximate surface area is 181 Å². The number of aromatic nitrogens is 2. The Balaban J connectivity index is 1.71. The lowest BCUT2D eigenvalue weighted by molar-refractivity contribution is 0.00300. The van der Waals surface area contributed by atoms with E-state index < -0.39 is 17.1 Å². The van der Waals surface area contributed by atoms with Crippen LogP contribution in [0.1, 0.15) is 69.9 Å². The van der Waals surface area contributed by atoms with Crippen molar-refractivity contribution in [3.63, 3.8) is 0 Å². The molecule has 2 fully saturated rings. The Morgan fingerprint density at radius 3 is 2.35 bits per heavy atom. The van der Waals surface area contributed by atoms with Gasteiger partial charge >= 0.3 is 12.1 Å². The molecule has 3 heterocycles. The van der Waals surface area contributed by atoms with Crippen LogP contribution in [-0.2, 0) is 9.47 Å². The smallest absolute Gasteiger partial charge is 0.410 e. The molecular weight excluding hydrogens is 398 g/mol. The van der Waals surface area contributed by atoms with Crippen molar-refractivity contribution >= 4 is 23.1 Å². The van der Waals surface area contributed by atoms with Crippen LogP contribution in [0.3, 0.4) is 0 Å². The zero-order valence-corrected chi connectivity index (χ0v) is 18.5. The Morgan fingerprint density at radius 1 is 1.10 bits per heavy atom. The average molecular weight is 428 g/mol. The molecule has 4 rings (SSSR count). The molecular formula is C23H29N3O5. The third-order valence-corrected chi connectivity index (χ3v) is 5.94. The van der Waals surface area contributed by atoms with Gasteiger partial charge in [-0.1, -0.05) is 12.1 Å². The summed E-state index contributed by atoms with van der Waals surface area (Å²) in [5.41, 5.74) is 0.0811. The van der Waals surface area contributed by atoms with Crippen LogP contribution in [-0.4, -0.2) is 50.8 Å². The third-order valence-electron chi connectivity index (χ3n) is 5.94. The van der Waals surface area contributed by atoms with E-state index in [0.717, 1.165) is 12.8 Å². The Bertz CT molecular complexity index is 1060. The molecule has 0 aliphatic carbocycles. The highest BCUT2D eigenvalue weighted by molar-refractivity contribution is 5.89. The van der Waals surface area contributed by atoms with E-state index in [1.807, 2.05) is 43.9 Å². The van der Waals surface area contributed by atoms with E-state index in [9.17, 15) is 14.4 Å². The first-order valence-electron chi connectivity index (χ1n) is 10.9. The minimum Gasteiger partial charge on any atom is -0.461 e. The minimum atomic E-state index is -0.707. The maximum Gasteiger partial charge on any atom is 0.410 e. The van der Waals surface area contributed by atoms with Crippen molar-refractivity contribution < 1.29 is 19.1 Å². The maximum absolute atomic E-state index is 13.3. The summed E-state index contributed by atoms with van der Waals surface area (Å²) in [5, 5.41) is 0. The van der Waals surface area contributed by atoms with Gasteiger partial charge in [0.2, 0.25) is 5.69 Å². The first-order chi connectivity index (χ1) is 14.7. The molecule has 8 heteroatoms. The number of carbonyl (C=O) groups is 2. The Morgan fingerprint density at radius 2 is 1.74 bits per heavy atom. The molecule has 2 bridgehead atoms. The second kappa shape index (κ2) is 7.98. The van der Waals surface area contributed by atoms with Gasteiger partial charge in [-0.3, -0.25) is 4.79 Å². The first-order valence-corrected chi connectivity index (χ1v) is 10.9. The van der Waals surface area contributed by atoms with E-state index in [1.165, 1.54) is 0 Å². The molecule has 1 aromatic carbocycles. The van der Waals surface area contributed by atoms with Crippen LogP contribution in [0.25, 0.3) is 11.0 Å². The zero-order chi connectivity index (χ0) is 22.3. The van der Waals surface area contributed by atoms with Crippen LogP contribution in [0.2, 0.25) is 0 Å². The molecule has 0 N–H and O–H groups in total. The topological polar surface area (TPSA) is 90.7 Å². The van der Waals surface area contributed by atoms with Gasteiger partial charge in [0.15, 0.2) is 0 Å². The highest BCUT2D eigenvalue weighted by atomic mass is 16.6. The number of amides is 1. The molecule has 166 valence electrons. The van der Waals surface area contributed by atoms with Crippen LogP contribution in [0.15, 0.2) is 29.1 Å². The zero-order valence-electron chi connectivity index (χ0n) is 18.5. The number of fused-ring (bicyclic) bond motifs is 3. The number of piperidine rings is 1. The molecule has 2 aromatic rings. The lowest BCUT2D eigenvalue weighted by atomic mass is 9.97. The fraction of sp³-hybridized carbons (Fsp3) is 0.565. The molecule has 31 heavy (non-hydrogen) atoms. The summed E-state index contributed by atoms with van der Waals surface area (Å²) in [6.45, 7) is 7.45. The molecule has 3 atom stereocenters. The number of rotatable bonds is 3. The van der Waals surface area contributed by atoms with Gasteiger partial charge in [-0.15, -0.1) is 0 Å². The van der Waals surface area contributed by atoms with E-state index in [2.05, 4.69) is 4.98 Å². The molecule has 8 nitrogen and oxygen atoms in total. The quantitative estimate of drug-likeness (QED) is 0.694. The summed E-state index contributed by atoms with van der Waals surface area (Å²) in [6, 6.07) is 7.19. The number of carbonyl (C=O) groups excluding carboxylic acids is 2. The fourth-order valence-electron chi connectivity index (χ4n) is 4.82. The van der Waals surface area contributed by atoms with Crippen molar-refractivity contribution in [1.82, 2.24) is 14.5 Å². The van der Waals surface area contributed by atoms with Crippen LogP contribution in [0.4, 0.5) is 4.79 Å². The second-order valence-corrected chi connectivity index (χ2v) is 9.24. The lowest BCUT2D eigenvalue weighted by Crippen LogP contribution is -2.50. The van der Waals surface area contributed by atoms with E-state index in [-0.39, 0.29) is 36.5 Å². The summed E-state index contributed by atoms with van der Waals surface area (Å²) in [7, 11) is 0. The predicted molar refractivity (Wildman–Crippen MR) is 115 cm³/mol. The van der Waals surface area contributed by atoms with Crippen molar-refractivity contribution in [1.29, 1.82) is 0 Å². The highest BCUT2D eigenvalue weighted by Crippen LogP contribution is 2.41. The van der Waals surface area contributed by atoms with Crippen LogP contribution >= 0.6 is 0 Å². The Hall–Kier alpha value is -2.90. The molecule has 1 aromatic heterocycles. The summed E-state index contributed by atoms with van der Waals surface area (Å²) >= 11 is 0. The van der Waals surface area contributed by atoms with E-state index in [4.69, 9.17) is 9.47 Å².